The van der Waals surface area contributed by atoms with E-state index in [1.165, 1.54) is 23.1 Å². The van der Waals surface area contributed by atoms with Gasteiger partial charge in [0.1, 0.15) is 11.5 Å². The van der Waals surface area contributed by atoms with Gasteiger partial charge in [0, 0.05) is 5.69 Å². The van der Waals surface area contributed by atoms with E-state index < -0.39 is 29.5 Å². The first-order valence-electron chi connectivity index (χ1n) is 7.10. The lowest BCUT2D eigenvalue weighted by Gasteiger charge is -2.25. The van der Waals surface area contributed by atoms with Gasteiger partial charge < -0.3 is 25.2 Å². The first kappa shape index (κ1) is 14.2. The van der Waals surface area contributed by atoms with Crippen LogP contribution < -0.4 is 10.1 Å². The number of carboxylic acid groups (broad SMARTS) is 1. The summed E-state index contributed by atoms with van der Waals surface area (Å²) in [7, 11) is 0. The Morgan fingerprint density at radius 1 is 1.48 bits per heavy atom. The molecule has 2 N–H and O–H groups in total. The Hall–Kier alpha value is -2.42. The van der Waals surface area contributed by atoms with Gasteiger partial charge in [-0.05, 0) is 18.2 Å². The Labute approximate surface area is 130 Å². The van der Waals surface area contributed by atoms with Gasteiger partial charge in [-0.2, -0.15) is 0 Å². The van der Waals surface area contributed by atoms with Crippen LogP contribution in [-0.4, -0.2) is 40.4 Å². The van der Waals surface area contributed by atoms with E-state index in [1.54, 1.807) is 18.2 Å². The molecular formula is C15H13N2O6-. The highest BCUT2D eigenvalue weighted by Crippen LogP contribution is 2.52. The van der Waals surface area contributed by atoms with Crippen LogP contribution in [0.5, 0.6) is 0 Å². The number of ether oxygens (including phenoxy) is 1. The maximum atomic E-state index is 12.8. The minimum Gasteiger partial charge on any atom is -0.733 e. The molecule has 3 aliphatic heterocycles. The van der Waals surface area contributed by atoms with Crippen molar-refractivity contribution < 1.29 is 24.6 Å². The van der Waals surface area contributed by atoms with Crippen LogP contribution >= 0.6 is 0 Å². The van der Waals surface area contributed by atoms with Crippen molar-refractivity contribution in [3.05, 3.63) is 41.6 Å². The second kappa shape index (κ2) is 4.54. The molecule has 8 nitrogen and oxygen atoms in total. The molecule has 1 spiro atoms. The molecule has 3 aliphatic rings. The topological polar surface area (TPSA) is 113 Å². The van der Waals surface area contributed by atoms with Crippen LogP contribution in [0.15, 0.2) is 36.4 Å². The third kappa shape index (κ3) is 1.83. The highest BCUT2D eigenvalue weighted by Gasteiger charge is 2.67. The first-order valence-corrected chi connectivity index (χ1v) is 7.10. The zero-order valence-electron chi connectivity index (χ0n) is 11.8. The number of anilines is 2. The highest BCUT2D eigenvalue weighted by atomic mass is 16.8. The quantitative estimate of drug-likeness (QED) is 0.624. The fraction of sp³-hybridized carbons (Fsp3) is 0.333. The van der Waals surface area contributed by atoms with E-state index in [0.29, 0.717) is 5.69 Å². The summed E-state index contributed by atoms with van der Waals surface area (Å²) in [6.45, 7) is 0.182. The van der Waals surface area contributed by atoms with Crippen molar-refractivity contribution in [2.24, 2.45) is 11.8 Å². The van der Waals surface area contributed by atoms with Crippen molar-refractivity contribution in [1.82, 2.24) is 0 Å². The number of nitrogens with zero attached hydrogens (tertiary/aromatic N) is 2. The molecule has 0 radical (unpaired) electrons. The normalized spacial score (nSPS) is 34.1. The molecule has 1 aromatic carbocycles. The zero-order valence-corrected chi connectivity index (χ0v) is 11.8. The third-order valence-electron chi connectivity index (χ3n) is 4.75. The van der Waals surface area contributed by atoms with E-state index >= 15 is 0 Å². The van der Waals surface area contributed by atoms with E-state index in [-0.39, 0.29) is 23.4 Å². The SMILES string of the molecule is O=C(O)C1[C@H]2C(=O)N(c3cccc(N([O-])O)c3)C[C@]23C=C[C@H]1O3. The van der Waals surface area contributed by atoms with E-state index in [4.69, 9.17) is 9.94 Å². The van der Waals surface area contributed by atoms with Gasteiger partial charge in [0.25, 0.3) is 0 Å². The lowest BCUT2D eigenvalue weighted by atomic mass is 9.77. The van der Waals surface area contributed by atoms with Gasteiger partial charge >= 0.3 is 5.97 Å². The molecule has 120 valence electrons. The Bertz CT molecular complexity index is 732. The average molecular weight is 317 g/mol. The first-order chi connectivity index (χ1) is 10.9. The Morgan fingerprint density at radius 3 is 2.96 bits per heavy atom. The van der Waals surface area contributed by atoms with Crippen LogP contribution in [-0.2, 0) is 14.3 Å². The Balaban J connectivity index is 1.72. The molecule has 1 unspecified atom stereocenters. The van der Waals surface area contributed by atoms with Crippen molar-refractivity contribution >= 4 is 23.3 Å². The number of carbonyl (C=O) groups is 2. The number of carbonyl (C=O) groups excluding carboxylic acids is 1. The van der Waals surface area contributed by atoms with Crippen molar-refractivity contribution in [3.8, 4) is 0 Å². The summed E-state index contributed by atoms with van der Waals surface area (Å²) in [5, 5.41) is 29.1. The fourth-order valence-corrected chi connectivity index (χ4v) is 3.78. The van der Waals surface area contributed by atoms with E-state index in [0.717, 1.165) is 0 Å². The van der Waals surface area contributed by atoms with Crippen LogP contribution in [0.3, 0.4) is 0 Å². The lowest BCUT2D eigenvalue weighted by molar-refractivity contribution is -0.146. The van der Waals surface area contributed by atoms with E-state index in [2.05, 4.69) is 0 Å². The molecule has 2 bridgehead atoms. The number of aliphatic carboxylic acids is 1. The molecule has 4 atom stereocenters. The number of fused-ring (bicyclic) bond motifs is 1. The van der Waals surface area contributed by atoms with Crippen LogP contribution in [0.4, 0.5) is 11.4 Å². The standard InChI is InChI=1S/C15H13N2O6/c18-13-12-11(14(19)20)10-4-5-15(12,23-10)7-16(13)8-2-1-3-9(6-8)17(21)22/h1-6,10-12,21H,7H2,(H,19,20)/q-1/t10-,11?,12+,15-/m1/s1. The van der Waals surface area contributed by atoms with E-state index in [9.17, 15) is 19.9 Å². The van der Waals surface area contributed by atoms with Crippen molar-refractivity contribution in [1.29, 1.82) is 0 Å². The van der Waals surface area contributed by atoms with Crippen molar-refractivity contribution in [3.63, 3.8) is 0 Å². The monoisotopic (exact) mass is 317 g/mol. The van der Waals surface area contributed by atoms with Crippen molar-refractivity contribution in [2.45, 2.75) is 11.7 Å². The van der Waals surface area contributed by atoms with Gasteiger partial charge in [-0.1, -0.05) is 18.2 Å². The van der Waals surface area contributed by atoms with Crippen LogP contribution in [0.25, 0.3) is 0 Å². The number of benzene rings is 1. The number of carboxylic acids is 1. The van der Waals surface area contributed by atoms with Gasteiger partial charge in [0.05, 0.1) is 24.3 Å². The number of rotatable bonds is 3. The molecule has 1 amide bonds. The summed E-state index contributed by atoms with van der Waals surface area (Å²) >= 11 is 0. The highest BCUT2D eigenvalue weighted by molar-refractivity contribution is 6.02. The minimum absolute atomic E-state index is 0.0135. The third-order valence-corrected chi connectivity index (χ3v) is 4.75. The molecular weight excluding hydrogens is 304 g/mol. The molecule has 2 saturated heterocycles. The molecule has 3 heterocycles. The second-order valence-electron chi connectivity index (χ2n) is 5.96. The van der Waals surface area contributed by atoms with Gasteiger partial charge in [0.15, 0.2) is 0 Å². The van der Waals surface area contributed by atoms with Gasteiger partial charge in [-0.25, -0.2) is 0 Å². The summed E-state index contributed by atoms with van der Waals surface area (Å²) in [6.07, 6.45) is 2.87. The predicted octanol–water partition coefficient (Wildman–Crippen LogP) is 0.751. The van der Waals surface area contributed by atoms with Crippen LogP contribution in [0.2, 0.25) is 0 Å². The lowest BCUT2D eigenvalue weighted by Crippen LogP contribution is -2.39. The predicted molar refractivity (Wildman–Crippen MR) is 77.8 cm³/mol. The summed E-state index contributed by atoms with van der Waals surface area (Å²) in [4.78, 5) is 25.7. The molecule has 0 saturated carbocycles. The molecule has 0 aliphatic carbocycles. The number of amides is 1. The largest absolute Gasteiger partial charge is 0.733 e. The van der Waals surface area contributed by atoms with Gasteiger partial charge in [0.2, 0.25) is 5.91 Å². The maximum absolute atomic E-state index is 12.8. The van der Waals surface area contributed by atoms with Gasteiger partial charge in [-0.15, -0.1) is 0 Å². The number of hydrogen-bond donors (Lipinski definition) is 2. The Morgan fingerprint density at radius 2 is 2.26 bits per heavy atom. The Kier molecular flexibility index (Phi) is 2.80. The number of hydrogen-bond acceptors (Lipinski definition) is 6. The maximum Gasteiger partial charge on any atom is 0.310 e. The average Bonchev–Trinajstić information content (AvgIpc) is 3.15. The molecule has 0 aromatic heterocycles. The second-order valence-corrected chi connectivity index (χ2v) is 5.96. The molecule has 8 heteroatoms. The van der Waals surface area contributed by atoms with Crippen molar-refractivity contribution in [2.75, 3.05) is 16.7 Å². The molecule has 4 rings (SSSR count). The fourth-order valence-electron chi connectivity index (χ4n) is 3.78. The zero-order chi connectivity index (χ0) is 16.4. The van der Waals surface area contributed by atoms with Gasteiger partial charge in [-0.3, -0.25) is 14.8 Å². The molecule has 2 fully saturated rings. The summed E-state index contributed by atoms with van der Waals surface area (Å²) in [6, 6.07) is 5.93. The minimum atomic E-state index is -1.06. The summed E-state index contributed by atoms with van der Waals surface area (Å²) in [5.74, 6) is -3.10. The van der Waals surface area contributed by atoms with Crippen LogP contribution in [0.1, 0.15) is 0 Å². The molecule has 23 heavy (non-hydrogen) atoms. The smallest absolute Gasteiger partial charge is 0.310 e. The van der Waals surface area contributed by atoms with E-state index in [1.807, 2.05) is 0 Å². The summed E-state index contributed by atoms with van der Waals surface area (Å²) < 4.78 is 5.78. The van der Waals surface area contributed by atoms with Crippen LogP contribution in [0, 0.1) is 17.0 Å². The molecule has 1 aromatic rings. The summed E-state index contributed by atoms with van der Waals surface area (Å²) in [5.41, 5.74) is -0.534.